The average molecular weight is 269 g/mol. The lowest BCUT2D eigenvalue weighted by atomic mass is 10.1. The van der Waals surface area contributed by atoms with Gasteiger partial charge in [0.2, 0.25) is 0 Å². The number of hydrogen-bond donors (Lipinski definition) is 1. The summed E-state index contributed by atoms with van der Waals surface area (Å²) in [4.78, 5) is 10.9. The van der Waals surface area contributed by atoms with Gasteiger partial charge >= 0.3 is 5.97 Å². The number of carbonyl (C=O) groups is 1. The van der Waals surface area contributed by atoms with Crippen molar-refractivity contribution in [1.82, 2.24) is 0 Å². The summed E-state index contributed by atoms with van der Waals surface area (Å²) in [7, 11) is 1.34. The van der Waals surface area contributed by atoms with Gasteiger partial charge in [-0.15, -0.1) is 0 Å². The van der Waals surface area contributed by atoms with Crippen LogP contribution in [0.2, 0.25) is 0 Å². The molecule has 0 bridgehead atoms. The van der Waals surface area contributed by atoms with Crippen LogP contribution in [0.15, 0.2) is 18.2 Å². The van der Waals surface area contributed by atoms with Crippen LogP contribution in [0.4, 0.5) is 4.39 Å². The SMILES string of the molecule is COC(=O)CCCOc1cc(F)cc(CC(C)N)c1. The van der Waals surface area contributed by atoms with Crippen molar-refractivity contribution in [2.45, 2.75) is 32.2 Å². The molecule has 0 aromatic heterocycles. The van der Waals surface area contributed by atoms with E-state index in [1.165, 1.54) is 19.2 Å². The fourth-order valence-electron chi connectivity index (χ4n) is 1.70. The molecule has 0 heterocycles. The summed E-state index contributed by atoms with van der Waals surface area (Å²) in [5, 5.41) is 0. The Morgan fingerprint density at radius 3 is 2.79 bits per heavy atom. The van der Waals surface area contributed by atoms with Gasteiger partial charge in [-0.05, 0) is 37.5 Å². The molecule has 2 N–H and O–H groups in total. The third kappa shape index (κ3) is 6.20. The minimum Gasteiger partial charge on any atom is -0.493 e. The van der Waals surface area contributed by atoms with E-state index in [4.69, 9.17) is 10.5 Å². The number of esters is 1. The molecule has 19 heavy (non-hydrogen) atoms. The Morgan fingerprint density at radius 2 is 2.16 bits per heavy atom. The van der Waals surface area contributed by atoms with Gasteiger partial charge in [0.25, 0.3) is 0 Å². The predicted octanol–water partition coefficient (Wildman–Crippen LogP) is 2.05. The van der Waals surface area contributed by atoms with Crippen LogP contribution in [0.5, 0.6) is 5.75 Å². The molecule has 0 fully saturated rings. The van der Waals surface area contributed by atoms with Crippen LogP contribution in [0.1, 0.15) is 25.3 Å². The van der Waals surface area contributed by atoms with Crippen molar-refractivity contribution in [3.63, 3.8) is 0 Å². The number of ether oxygens (including phenoxy) is 2. The molecule has 1 rings (SSSR count). The van der Waals surface area contributed by atoms with E-state index < -0.39 is 0 Å². The van der Waals surface area contributed by atoms with Gasteiger partial charge in [-0.1, -0.05) is 0 Å². The normalized spacial score (nSPS) is 12.0. The zero-order valence-corrected chi connectivity index (χ0v) is 11.3. The van der Waals surface area contributed by atoms with Gasteiger partial charge in [-0.3, -0.25) is 4.79 Å². The molecule has 0 amide bonds. The maximum Gasteiger partial charge on any atom is 0.305 e. The standard InChI is InChI=1S/C14H20FNO3/c1-10(16)6-11-7-12(15)9-13(8-11)19-5-3-4-14(17)18-2/h7-10H,3-6,16H2,1-2H3. The van der Waals surface area contributed by atoms with Gasteiger partial charge in [-0.25, -0.2) is 4.39 Å². The second kappa shape index (κ2) is 7.74. The molecule has 4 nitrogen and oxygen atoms in total. The molecule has 1 aromatic carbocycles. The highest BCUT2D eigenvalue weighted by Gasteiger charge is 2.05. The van der Waals surface area contributed by atoms with Crippen molar-refractivity contribution in [3.8, 4) is 5.75 Å². The number of carbonyl (C=O) groups excluding carboxylic acids is 1. The quantitative estimate of drug-likeness (QED) is 0.608. The van der Waals surface area contributed by atoms with Crippen LogP contribution < -0.4 is 10.5 Å². The summed E-state index contributed by atoms with van der Waals surface area (Å²) < 4.78 is 23.3. The number of halogens is 1. The molecule has 0 aliphatic carbocycles. The Hall–Kier alpha value is -1.62. The molecule has 0 aliphatic heterocycles. The lowest BCUT2D eigenvalue weighted by molar-refractivity contribution is -0.140. The topological polar surface area (TPSA) is 61.5 Å². The number of benzene rings is 1. The van der Waals surface area contributed by atoms with Gasteiger partial charge in [0.1, 0.15) is 11.6 Å². The first-order valence-corrected chi connectivity index (χ1v) is 6.26. The first-order valence-electron chi connectivity index (χ1n) is 6.26. The fraction of sp³-hybridized carbons (Fsp3) is 0.500. The predicted molar refractivity (Wildman–Crippen MR) is 70.5 cm³/mol. The van der Waals surface area contributed by atoms with Crippen molar-refractivity contribution in [2.24, 2.45) is 5.73 Å². The van der Waals surface area contributed by atoms with Crippen LogP contribution >= 0.6 is 0 Å². The average Bonchev–Trinajstić information content (AvgIpc) is 2.32. The molecular weight excluding hydrogens is 249 g/mol. The second-order valence-corrected chi connectivity index (χ2v) is 4.50. The number of nitrogens with two attached hydrogens (primary N) is 1. The molecule has 1 unspecified atom stereocenters. The summed E-state index contributed by atoms with van der Waals surface area (Å²) >= 11 is 0. The van der Waals surface area contributed by atoms with Crippen molar-refractivity contribution in [2.75, 3.05) is 13.7 Å². The monoisotopic (exact) mass is 269 g/mol. The van der Waals surface area contributed by atoms with Gasteiger partial charge in [-0.2, -0.15) is 0 Å². The largest absolute Gasteiger partial charge is 0.493 e. The van der Waals surface area contributed by atoms with Crippen molar-refractivity contribution >= 4 is 5.97 Å². The molecule has 0 spiro atoms. The lowest BCUT2D eigenvalue weighted by Crippen LogP contribution is -2.17. The zero-order chi connectivity index (χ0) is 14.3. The summed E-state index contributed by atoms with van der Waals surface area (Å²) in [6, 6.07) is 4.51. The van der Waals surface area contributed by atoms with Crippen LogP contribution in [-0.2, 0) is 16.0 Å². The van der Waals surface area contributed by atoms with E-state index in [0.717, 1.165) is 5.56 Å². The first kappa shape index (κ1) is 15.4. The molecule has 0 aliphatic rings. The maximum absolute atomic E-state index is 13.4. The molecule has 5 heteroatoms. The molecule has 0 saturated heterocycles. The molecule has 1 aromatic rings. The third-order valence-electron chi connectivity index (χ3n) is 2.51. The summed E-state index contributed by atoms with van der Waals surface area (Å²) in [6.07, 6.45) is 1.42. The minimum absolute atomic E-state index is 0.0334. The number of methoxy groups -OCH3 is 1. The molecular formula is C14H20FNO3. The number of rotatable bonds is 7. The van der Waals surface area contributed by atoms with Crippen LogP contribution in [0.3, 0.4) is 0 Å². The van der Waals surface area contributed by atoms with E-state index in [-0.39, 0.29) is 17.8 Å². The van der Waals surface area contributed by atoms with Gasteiger partial charge in [0.05, 0.1) is 13.7 Å². The smallest absolute Gasteiger partial charge is 0.305 e. The van der Waals surface area contributed by atoms with Crippen LogP contribution in [0.25, 0.3) is 0 Å². The maximum atomic E-state index is 13.4. The van der Waals surface area contributed by atoms with Crippen molar-refractivity contribution < 1.29 is 18.7 Å². The number of hydrogen-bond acceptors (Lipinski definition) is 4. The Labute approximate surface area is 112 Å². The molecule has 1 atom stereocenters. The first-order chi connectivity index (χ1) is 9.01. The Balaban J connectivity index is 2.49. The Kier molecular flexibility index (Phi) is 6.29. The van der Waals surface area contributed by atoms with E-state index in [9.17, 15) is 9.18 Å². The zero-order valence-electron chi connectivity index (χ0n) is 11.3. The van der Waals surface area contributed by atoms with Gasteiger partial charge in [0.15, 0.2) is 0 Å². The fourth-order valence-corrected chi connectivity index (χ4v) is 1.70. The highest BCUT2D eigenvalue weighted by atomic mass is 19.1. The van der Waals surface area contributed by atoms with E-state index >= 15 is 0 Å². The van der Waals surface area contributed by atoms with E-state index in [0.29, 0.717) is 31.6 Å². The van der Waals surface area contributed by atoms with Crippen LogP contribution in [-0.4, -0.2) is 25.7 Å². The molecule has 0 saturated carbocycles. The van der Waals surface area contributed by atoms with E-state index in [1.54, 1.807) is 6.07 Å². The van der Waals surface area contributed by atoms with Gasteiger partial charge in [0, 0.05) is 18.5 Å². The lowest BCUT2D eigenvalue weighted by Gasteiger charge is -2.10. The highest BCUT2D eigenvalue weighted by molar-refractivity contribution is 5.69. The highest BCUT2D eigenvalue weighted by Crippen LogP contribution is 2.18. The Morgan fingerprint density at radius 1 is 1.42 bits per heavy atom. The summed E-state index contributed by atoms with van der Waals surface area (Å²) in [5.74, 6) is -0.165. The Bertz CT molecular complexity index is 421. The van der Waals surface area contributed by atoms with Gasteiger partial charge < -0.3 is 15.2 Å². The van der Waals surface area contributed by atoms with E-state index in [1.807, 2.05) is 6.92 Å². The summed E-state index contributed by atoms with van der Waals surface area (Å²) in [6.45, 7) is 2.21. The summed E-state index contributed by atoms with van der Waals surface area (Å²) in [5.41, 5.74) is 6.48. The van der Waals surface area contributed by atoms with Crippen molar-refractivity contribution in [3.05, 3.63) is 29.6 Å². The van der Waals surface area contributed by atoms with Crippen molar-refractivity contribution in [1.29, 1.82) is 0 Å². The molecule has 0 radical (unpaired) electrons. The van der Waals surface area contributed by atoms with E-state index in [2.05, 4.69) is 4.74 Å². The van der Waals surface area contributed by atoms with Crippen LogP contribution in [0, 0.1) is 5.82 Å². The minimum atomic E-state index is -0.346. The molecule has 106 valence electrons. The third-order valence-corrected chi connectivity index (χ3v) is 2.51. The second-order valence-electron chi connectivity index (χ2n) is 4.50.